The highest BCUT2D eigenvalue weighted by Crippen LogP contribution is 2.19. The van der Waals surface area contributed by atoms with Gasteiger partial charge in [-0.25, -0.2) is 13.2 Å². The number of alkyl halides is 2. The van der Waals surface area contributed by atoms with Gasteiger partial charge in [-0.2, -0.15) is 0 Å². The molecule has 0 spiro atoms. The molecule has 2 rings (SSSR count). The van der Waals surface area contributed by atoms with Crippen molar-refractivity contribution in [2.45, 2.75) is 6.43 Å². The van der Waals surface area contributed by atoms with Crippen LogP contribution in [-0.4, -0.2) is 12.2 Å². The van der Waals surface area contributed by atoms with Crippen LogP contribution in [0.4, 0.5) is 13.2 Å². The van der Waals surface area contributed by atoms with E-state index in [1.54, 1.807) is 0 Å². The lowest BCUT2D eigenvalue weighted by atomic mass is 10.0. The summed E-state index contributed by atoms with van der Waals surface area (Å²) in [6.45, 7) is 0. The molecule has 0 fully saturated rings. The monoisotopic (exact) mass is 224 g/mol. The number of ketones is 1. The van der Waals surface area contributed by atoms with Crippen molar-refractivity contribution in [3.05, 3.63) is 47.8 Å². The van der Waals surface area contributed by atoms with E-state index in [0.717, 1.165) is 0 Å². The fourth-order valence-corrected chi connectivity index (χ4v) is 1.50. The van der Waals surface area contributed by atoms with E-state index in [-0.39, 0.29) is 5.56 Å². The Bertz CT molecular complexity index is 549. The zero-order valence-corrected chi connectivity index (χ0v) is 8.08. The SMILES string of the molecule is O=C(c1ccc2cc(F)ccc2c1)C(F)F. The van der Waals surface area contributed by atoms with E-state index in [0.29, 0.717) is 10.8 Å². The molecule has 1 nitrogen and oxygen atoms in total. The Balaban J connectivity index is 2.52. The molecule has 0 amide bonds. The van der Waals surface area contributed by atoms with Crippen LogP contribution in [0.1, 0.15) is 10.4 Å². The number of hydrogen-bond donors (Lipinski definition) is 0. The molecule has 0 radical (unpaired) electrons. The van der Waals surface area contributed by atoms with Gasteiger partial charge in [0.05, 0.1) is 0 Å². The number of carbonyl (C=O) groups is 1. The molecule has 2 aromatic carbocycles. The minimum Gasteiger partial charge on any atom is -0.288 e. The third kappa shape index (κ3) is 1.91. The average molecular weight is 224 g/mol. The first kappa shape index (κ1) is 10.7. The van der Waals surface area contributed by atoms with Gasteiger partial charge in [-0.3, -0.25) is 4.79 Å². The van der Waals surface area contributed by atoms with Gasteiger partial charge in [0.1, 0.15) is 5.82 Å². The fraction of sp³-hybridized carbons (Fsp3) is 0.0833. The summed E-state index contributed by atoms with van der Waals surface area (Å²) in [6, 6.07) is 8.02. The number of rotatable bonds is 2. The summed E-state index contributed by atoms with van der Waals surface area (Å²) in [6.07, 6.45) is -3.02. The van der Waals surface area contributed by atoms with Crippen molar-refractivity contribution in [2.75, 3.05) is 0 Å². The van der Waals surface area contributed by atoms with Gasteiger partial charge >= 0.3 is 6.43 Å². The van der Waals surface area contributed by atoms with Crippen molar-refractivity contribution in [1.82, 2.24) is 0 Å². The van der Waals surface area contributed by atoms with Crippen LogP contribution in [0.5, 0.6) is 0 Å². The van der Waals surface area contributed by atoms with Crippen LogP contribution < -0.4 is 0 Å². The molecule has 4 heteroatoms. The van der Waals surface area contributed by atoms with Crippen molar-refractivity contribution in [1.29, 1.82) is 0 Å². The Kier molecular flexibility index (Phi) is 2.64. The van der Waals surface area contributed by atoms with E-state index in [2.05, 4.69) is 0 Å². The van der Waals surface area contributed by atoms with Crippen LogP contribution in [0.25, 0.3) is 10.8 Å². The number of Topliss-reactive ketones (excluding diaryl/α,β-unsaturated/α-hetero) is 1. The molecule has 0 aliphatic carbocycles. The summed E-state index contributed by atoms with van der Waals surface area (Å²) in [7, 11) is 0. The third-order valence-corrected chi connectivity index (χ3v) is 2.29. The van der Waals surface area contributed by atoms with Gasteiger partial charge < -0.3 is 0 Å². The van der Waals surface area contributed by atoms with Crippen LogP contribution in [0.3, 0.4) is 0 Å². The van der Waals surface area contributed by atoms with Crippen molar-refractivity contribution < 1.29 is 18.0 Å². The molecule has 2 aromatic rings. The number of halogens is 3. The zero-order valence-electron chi connectivity index (χ0n) is 8.08. The Hall–Kier alpha value is -1.84. The van der Waals surface area contributed by atoms with E-state index < -0.39 is 18.0 Å². The highest BCUT2D eigenvalue weighted by atomic mass is 19.3. The molecule has 0 aromatic heterocycles. The molecule has 0 N–H and O–H groups in total. The third-order valence-electron chi connectivity index (χ3n) is 2.29. The van der Waals surface area contributed by atoms with Gasteiger partial charge in [-0.15, -0.1) is 0 Å². The highest BCUT2D eigenvalue weighted by Gasteiger charge is 2.17. The lowest BCUT2D eigenvalue weighted by molar-refractivity contribution is 0.0679. The van der Waals surface area contributed by atoms with E-state index in [1.807, 2.05) is 0 Å². The summed E-state index contributed by atoms with van der Waals surface area (Å²) in [5.41, 5.74) is -0.0610. The maximum Gasteiger partial charge on any atom is 0.300 e. The maximum absolute atomic E-state index is 12.8. The normalized spacial score (nSPS) is 11.0. The first-order chi connectivity index (χ1) is 7.58. The van der Waals surface area contributed by atoms with Crippen LogP contribution in [-0.2, 0) is 0 Å². The predicted octanol–water partition coefficient (Wildman–Crippen LogP) is 3.43. The number of benzene rings is 2. The second-order valence-corrected chi connectivity index (χ2v) is 3.37. The zero-order chi connectivity index (χ0) is 11.7. The average Bonchev–Trinajstić information content (AvgIpc) is 2.27. The molecule has 0 bridgehead atoms. The molecule has 0 aliphatic heterocycles. The Morgan fingerprint density at radius 2 is 1.62 bits per heavy atom. The van der Waals surface area contributed by atoms with E-state index in [1.165, 1.54) is 36.4 Å². The van der Waals surface area contributed by atoms with Crippen LogP contribution in [0.15, 0.2) is 36.4 Å². The van der Waals surface area contributed by atoms with Gasteiger partial charge in [0.25, 0.3) is 0 Å². The molecular weight excluding hydrogens is 217 g/mol. The van der Waals surface area contributed by atoms with Crippen LogP contribution in [0.2, 0.25) is 0 Å². The molecule has 0 unspecified atom stereocenters. The fourth-order valence-electron chi connectivity index (χ4n) is 1.50. The molecule has 0 heterocycles. The topological polar surface area (TPSA) is 17.1 Å². The first-order valence-electron chi connectivity index (χ1n) is 4.59. The summed E-state index contributed by atoms with van der Waals surface area (Å²) in [5.74, 6) is -1.62. The number of carbonyl (C=O) groups excluding carboxylic acids is 1. The molecule has 0 atom stereocenters. The molecule has 82 valence electrons. The van der Waals surface area contributed by atoms with Gasteiger partial charge in [-0.1, -0.05) is 18.2 Å². The molecule has 16 heavy (non-hydrogen) atoms. The quantitative estimate of drug-likeness (QED) is 0.714. The van der Waals surface area contributed by atoms with Crippen molar-refractivity contribution in [3.8, 4) is 0 Å². The molecule has 0 saturated heterocycles. The lowest BCUT2D eigenvalue weighted by Gasteiger charge is -2.02. The van der Waals surface area contributed by atoms with Gasteiger partial charge in [0.2, 0.25) is 5.78 Å². The molecule has 0 saturated carbocycles. The van der Waals surface area contributed by atoms with Crippen molar-refractivity contribution in [3.63, 3.8) is 0 Å². The van der Waals surface area contributed by atoms with Gasteiger partial charge in [-0.05, 0) is 29.0 Å². The van der Waals surface area contributed by atoms with E-state index >= 15 is 0 Å². The van der Waals surface area contributed by atoms with E-state index in [4.69, 9.17) is 0 Å². The largest absolute Gasteiger partial charge is 0.300 e. The number of fused-ring (bicyclic) bond motifs is 1. The maximum atomic E-state index is 12.8. The summed E-state index contributed by atoms with van der Waals surface area (Å²) >= 11 is 0. The second kappa shape index (κ2) is 3.96. The predicted molar refractivity (Wildman–Crippen MR) is 54.2 cm³/mol. The summed E-state index contributed by atoms with van der Waals surface area (Å²) in [5, 5.41) is 1.14. The van der Waals surface area contributed by atoms with Crippen LogP contribution >= 0.6 is 0 Å². The van der Waals surface area contributed by atoms with Gasteiger partial charge in [0, 0.05) is 5.56 Å². The molecular formula is C12H7F3O. The Labute approximate surface area is 89.5 Å². The smallest absolute Gasteiger partial charge is 0.288 e. The van der Waals surface area contributed by atoms with Gasteiger partial charge in [0.15, 0.2) is 0 Å². The summed E-state index contributed by atoms with van der Waals surface area (Å²) < 4.78 is 37.2. The minimum atomic E-state index is -3.02. The first-order valence-corrected chi connectivity index (χ1v) is 4.59. The van der Waals surface area contributed by atoms with Crippen LogP contribution in [0, 0.1) is 5.82 Å². The van der Waals surface area contributed by atoms with Crippen molar-refractivity contribution >= 4 is 16.6 Å². The Morgan fingerprint density at radius 1 is 1.00 bits per heavy atom. The Morgan fingerprint density at radius 3 is 2.31 bits per heavy atom. The minimum absolute atomic E-state index is 0.0610. The standard InChI is InChI=1S/C12H7F3O/c13-10-4-3-7-5-9(11(16)12(14)15)2-1-8(7)6-10/h1-6,12H. The molecule has 0 aliphatic rings. The highest BCUT2D eigenvalue weighted by molar-refractivity contribution is 6.01. The summed E-state index contributed by atoms with van der Waals surface area (Å²) in [4.78, 5) is 11.0. The second-order valence-electron chi connectivity index (χ2n) is 3.37. The lowest BCUT2D eigenvalue weighted by Crippen LogP contribution is -2.09. The van der Waals surface area contributed by atoms with E-state index in [9.17, 15) is 18.0 Å². The van der Waals surface area contributed by atoms with Crippen molar-refractivity contribution in [2.24, 2.45) is 0 Å². The number of hydrogen-bond acceptors (Lipinski definition) is 1.